The quantitative estimate of drug-likeness (QED) is 0.857. The average Bonchev–Trinajstić information content (AvgIpc) is 2.53. The van der Waals surface area contributed by atoms with Crippen LogP contribution in [0.1, 0.15) is 43.6 Å². The van der Waals surface area contributed by atoms with E-state index in [2.05, 4.69) is 5.32 Å². The van der Waals surface area contributed by atoms with Crippen LogP contribution < -0.4 is 10.1 Å². The van der Waals surface area contributed by atoms with Gasteiger partial charge in [0, 0.05) is 12.0 Å². The van der Waals surface area contributed by atoms with Crippen LogP contribution in [-0.2, 0) is 5.41 Å². The second kappa shape index (κ2) is 7.47. The third kappa shape index (κ3) is 4.34. The second-order valence-electron chi connectivity index (χ2n) is 6.71. The number of halogens is 1. The molecule has 0 aromatic heterocycles. The SMILES string of the molecule is CC(C)Oc1ccccc1C(=O)NCC(C)(C)c1ccccc1F. The molecule has 0 spiro atoms. The number of para-hydroxylation sites is 1. The van der Waals surface area contributed by atoms with E-state index in [1.165, 1.54) is 6.07 Å². The predicted octanol–water partition coefficient (Wildman–Crippen LogP) is 4.32. The van der Waals surface area contributed by atoms with Crippen molar-refractivity contribution in [3.63, 3.8) is 0 Å². The maximum atomic E-state index is 14.0. The summed E-state index contributed by atoms with van der Waals surface area (Å²) in [6.07, 6.45) is -0.0196. The van der Waals surface area contributed by atoms with Crippen molar-refractivity contribution in [3.8, 4) is 5.75 Å². The summed E-state index contributed by atoms with van der Waals surface area (Å²) in [5.74, 6) is 0.0599. The van der Waals surface area contributed by atoms with Crippen LogP contribution in [0.15, 0.2) is 48.5 Å². The summed E-state index contributed by atoms with van der Waals surface area (Å²) in [6, 6.07) is 13.8. The smallest absolute Gasteiger partial charge is 0.255 e. The number of hydrogen-bond acceptors (Lipinski definition) is 2. The molecule has 4 heteroatoms. The first-order valence-electron chi connectivity index (χ1n) is 8.10. The van der Waals surface area contributed by atoms with E-state index in [0.717, 1.165) is 0 Å². The zero-order valence-corrected chi connectivity index (χ0v) is 14.6. The molecule has 1 amide bonds. The maximum Gasteiger partial charge on any atom is 0.255 e. The molecule has 0 saturated heterocycles. The normalized spacial score (nSPS) is 11.4. The Kier molecular flexibility index (Phi) is 5.60. The largest absolute Gasteiger partial charge is 0.490 e. The van der Waals surface area contributed by atoms with Crippen molar-refractivity contribution in [3.05, 3.63) is 65.5 Å². The Hall–Kier alpha value is -2.36. The first kappa shape index (κ1) is 18.0. The van der Waals surface area contributed by atoms with Crippen molar-refractivity contribution in [2.24, 2.45) is 0 Å². The van der Waals surface area contributed by atoms with E-state index in [4.69, 9.17) is 4.74 Å². The maximum absolute atomic E-state index is 14.0. The minimum absolute atomic E-state index is 0.0196. The van der Waals surface area contributed by atoms with E-state index in [1.54, 1.807) is 36.4 Å². The molecule has 0 saturated carbocycles. The lowest BCUT2D eigenvalue weighted by Crippen LogP contribution is -2.37. The number of carbonyl (C=O) groups excluding carboxylic acids is 1. The highest BCUT2D eigenvalue weighted by atomic mass is 19.1. The molecule has 128 valence electrons. The number of rotatable bonds is 6. The highest BCUT2D eigenvalue weighted by Gasteiger charge is 2.25. The van der Waals surface area contributed by atoms with Gasteiger partial charge < -0.3 is 10.1 Å². The summed E-state index contributed by atoms with van der Waals surface area (Å²) >= 11 is 0. The fourth-order valence-electron chi connectivity index (χ4n) is 2.51. The van der Waals surface area contributed by atoms with Crippen LogP contribution >= 0.6 is 0 Å². The minimum atomic E-state index is -0.519. The van der Waals surface area contributed by atoms with E-state index in [9.17, 15) is 9.18 Å². The van der Waals surface area contributed by atoms with Crippen LogP contribution in [0, 0.1) is 5.82 Å². The monoisotopic (exact) mass is 329 g/mol. The highest BCUT2D eigenvalue weighted by Crippen LogP contribution is 2.25. The van der Waals surface area contributed by atoms with E-state index in [0.29, 0.717) is 23.4 Å². The molecule has 24 heavy (non-hydrogen) atoms. The van der Waals surface area contributed by atoms with Crippen LogP contribution in [0.5, 0.6) is 5.75 Å². The van der Waals surface area contributed by atoms with Crippen molar-refractivity contribution < 1.29 is 13.9 Å². The summed E-state index contributed by atoms with van der Waals surface area (Å²) in [6.45, 7) is 7.96. The molecule has 0 bridgehead atoms. The topological polar surface area (TPSA) is 38.3 Å². The van der Waals surface area contributed by atoms with Crippen LogP contribution in [0.2, 0.25) is 0 Å². The Morgan fingerprint density at radius 1 is 1.12 bits per heavy atom. The van der Waals surface area contributed by atoms with Gasteiger partial charge >= 0.3 is 0 Å². The van der Waals surface area contributed by atoms with Gasteiger partial charge in [0.05, 0.1) is 11.7 Å². The Bertz CT molecular complexity index is 710. The Morgan fingerprint density at radius 2 is 1.75 bits per heavy atom. The van der Waals surface area contributed by atoms with Gasteiger partial charge in [-0.05, 0) is 37.6 Å². The van der Waals surface area contributed by atoms with Crippen molar-refractivity contribution >= 4 is 5.91 Å². The Balaban J connectivity index is 2.12. The lowest BCUT2D eigenvalue weighted by atomic mass is 9.84. The molecule has 0 heterocycles. The fraction of sp³-hybridized carbons (Fsp3) is 0.350. The number of amides is 1. The van der Waals surface area contributed by atoms with E-state index in [1.807, 2.05) is 33.8 Å². The molecule has 2 aromatic carbocycles. The molecule has 0 aliphatic rings. The van der Waals surface area contributed by atoms with E-state index < -0.39 is 5.41 Å². The summed E-state index contributed by atoms with van der Waals surface area (Å²) in [5.41, 5.74) is 0.544. The van der Waals surface area contributed by atoms with Crippen LogP contribution in [0.3, 0.4) is 0 Å². The van der Waals surface area contributed by atoms with Gasteiger partial charge in [0.1, 0.15) is 11.6 Å². The zero-order valence-electron chi connectivity index (χ0n) is 14.6. The van der Waals surface area contributed by atoms with Crippen molar-refractivity contribution in [2.45, 2.75) is 39.2 Å². The molecular weight excluding hydrogens is 305 g/mol. The van der Waals surface area contributed by atoms with E-state index >= 15 is 0 Å². The standard InChI is InChI=1S/C20H24FNO2/c1-14(2)24-18-12-8-5-9-15(18)19(23)22-13-20(3,4)16-10-6-7-11-17(16)21/h5-12,14H,13H2,1-4H3,(H,22,23). The van der Waals surface area contributed by atoms with Gasteiger partial charge in [-0.3, -0.25) is 4.79 Å². The molecule has 0 aliphatic carbocycles. The van der Waals surface area contributed by atoms with Gasteiger partial charge in [0.25, 0.3) is 5.91 Å². The molecule has 0 aliphatic heterocycles. The Morgan fingerprint density at radius 3 is 2.42 bits per heavy atom. The van der Waals surface area contributed by atoms with E-state index in [-0.39, 0.29) is 17.8 Å². The third-order valence-electron chi connectivity index (χ3n) is 3.79. The fourth-order valence-corrected chi connectivity index (χ4v) is 2.51. The summed E-state index contributed by atoms with van der Waals surface area (Å²) < 4.78 is 19.7. The van der Waals surface area contributed by atoms with Crippen molar-refractivity contribution in [2.75, 3.05) is 6.54 Å². The zero-order chi connectivity index (χ0) is 17.7. The first-order valence-corrected chi connectivity index (χ1v) is 8.10. The number of ether oxygens (including phenoxy) is 1. The van der Waals surface area contributed by atoms with Crippen LogP contribution in [0.25, 0.3) is 0 Å². The average molecular weight is 329 g/mol. The van der Waals surface area contributed by atoms with Gasteiger partial charge in [-0.25, -0.2) is 4.39 Å². The highest BCUT2D eigenvalue weighted by molar-refractivity contribution is 5.96. The molecule has 0 atom stereocenters. The molecule has 0 unspecified atom stereocenters. The molecular formula is C20H24FNO2. The lowest BCUT2D eigenvalue weighted by Gasteiger charge is -2.26. The number of benzene rings is 2. The Labute approximate surface area is 142 Å². The third-order valence-corrected chi connectivity index (χ3v) is 3.79. The number of hydrogen-bond donors (Lipinski definition) is 1. The molecule has 1 N–H and O–H groups in total. The number of nitrogens with one attached hydrogen (secondary N) is 1. The summed E-state index contributed by atoms with van der Waals surface area (Å²) in [5, 5.41) is 2.89. The second-order valence-corrected chi connectivity index (χ2v) is 6.71. The van der Waals surface area contributed by atoms with Gasteiger partial charge in [0.15, 0.2) is 0 Å². The van der Waals surface area contributed by atoms with Gasteiger partial charge in [0.2, 0.25) is 0 Å². The summed E-state index contributed by atoms with van der Waals surface area (Å²) in [7, 11) is 0. The molecule has 2 rings (SSSR count). The van der Waals surface area contributed by atoms with Crippen molar-refractivity contribution in [1.82, 2.24) is 5.32 Å². The predicted molar refractivity (Wildman–Crippen MR) is 94.0 cm³/mol. The van der Waals surface area contributed by atoms with Gasteiger partial charge in [-0.1, -0.05) is 44.2 Å². The minimum Gasteiger partial charge on any atom is -0.490 e. The molecule has 2 aromatic rings. The van der Waals surface area contributed by atoms with Crippen LogP contribution in [-0.4, -0.2) is 18.6 Å². The van der Waals surface area contributed by atoms with Gasteiger partial charge in [-0.15, -0.1) is 0 Å². The molecule has 0 fully saturated rings. The lowest BCUT2D eigenvalue weighted by molar-refractivity contribution is 0.0939. The molecule has 0 radical (unpaired) electrons. The number of carbonyl (C=O) groups is 1. The van der Waals surface area contributed by atoms with Crippen molar-refractivity contribution in [1.29, 1.82) is 0 Å². The summed E-state index contributed by atoms with van der Waals surface area (Å²) in [4.78, 5) is 12.5. The molecule has 3 nitrogen and oxygen atoms in total. The van der Waals surface area contributed by atoms with Gasteiger partial charge in [-0.2, -0.15) is 0 Å². The van der Waals surface area contributed by atoms with Crippen LogP contribution in [0.4, 0.5) is 4.39 Å². The first-order chi connectivity index (χ1) is 11.3.